The first-order chi connectivity index (χ1) is 8.02. The maximum atomic E-state index is 11.4. The van der Waals surface area contributed by atoms with E-state index in [1.54, 1.807) is 13.0 Å². The topological polar surface area (TPSA) is 64.3 Å². The quantitative estimate of drug-likeness (QED) is 0.823. The third-order valence-corrected chi connectivity index (χ3v) is 2.43. The highest BCUT2D eigenvalue weighted by molar-refractivity contribution is 5.94. The Morgan fingerprint density at radius 1 is 1.47 bits per heavy atom. The van der Waals surface area contributed by atoms with Crippen LogP contribution in [0.5, 0.6) is 5.75 Å². The van der Waals surface area contributed by atoms with Crippen molar-refractivity contribution in [1.82, 2.24) is 0 Å². The molecule has 1 rings (SSSR count). The summed E-state index contributed by atoms with van der Waals surface area (Å²) in [6.45, 7) is 5.72. The molecule has 3 N–H and O–H groups in total. The van der Waals surface area contributed by atoms with E-state index in [2.05, 4.69) is 12.2 Å². The lowest BCUT2D eigenvalue weighted by Gasteiger charge is -2.14. The van der Waals surface area contributed by atoms with Gasteiger partial charge in [0.1, 0.15) is 5.75 Å². The van der Waals surface area contributed by atoms with Gasteiger partial charge < -0.3 is 15.8 Å². The molecule has 0 heterocycles. The molecular formula is C13H20N2O2. The van der Waals surface area contributed by atoms with Crippen LogP contribution in [0, 0.1) is 0 Å². The maximum Gasteiger partial charge on any atom is 0.241 e. The Labute approximate surface area is 102 Å². The summed E-state index contributed by atoms with van der Waals surface area (Å²) in [7, 11) is 0. The molecule has 0 aliphatic carbocycles. The number of benzene rings is 1. The van der Waals surface area contributed by atoms with Gasteiger partial charge in [0, 0.05) is 11.8 Å². The van der Waals surface area contributed by atoms with Crippen LogP contribution < -0.4 is 15.8 Å². The molecule has 1 unspecified atom stereocenters. The van der Waals surface area contributed by atoms with Crippen molar-refractivity contribution in [2.75, 3.05) is 5.32 Å². The minimum Gasteiger partial charge on any atom is -0.491 e. The number of nitrogens with two attached hydrogens (primary N) is 1. The van der Waals surface area contributed by atoms with Crippen LogP contribution in [0.3, 0.4) is 0 Å². The van der Waals surface area contributed by atoms with Crippen LogP contribution in [-0.2, 0) is 4.79 Å². The van der Waals surface area contributed by atoms with Gasteiger partial charge in [0.05, 0.1) is 12.1 Å². The molecule has 4 nitrogen and oxygen atoms in total. The Bertz CT molecular complexity index is 377. The smallest absolute Gasteiger partial charge is 0.241 e. The van der Waals surface area contributed by atoms with Gasteiger partial charge in [-0.25, -0.2) is 0 Å². The van der Waals surface area contributed by atoms with E-state index >= 15 is 0 Å². The number of nitrogens with one attached hydrogen (secondary N) is 1. The average Bonchev–Trinajstić information content (AvgIpc) is 2.29. The van der Waals surface area contributed by atoms with Crippen molar-refractivity contribution < 1.29 is 9.53 Å². The predicted molar refractivity (Wildman–Crippen MR) is 69.1 cm³/mol. The minimum atomic E-state index is -0.519. The van der Waals surface area contributed by atoms with Gasteiger partial charge in [-0.3, -0.25) is 4.79 Å². The van der Waals surface area contributed by atoms with Gasteiger partial charge in [-0.15, -0.1) is 0 Å². The summed E-state index contributed by atoms with van der Waals surface area (Å²) in [6, 6.07) is 6.80. The van der Waals surface area contributed by atoms with Crippen molar-refractivity contribution in [1.29, 1.82) is 0 Å². The molecule has 0 aliphatic rings. The fourth-order valence-electron chi connectivity index (χ4n) is 1.22. The highest BCUT2D eigenvalue weighted by Crippen LogP contribution is 2.19. The number of hydrogen-bond donors (Lipinski definition) is 2. The number of amides is 1. The Kier molecular flexibility index (Phi) is 4.97. The second kappa shape index (κ2) is 6.25. The molecule has 0 spiro atoms. The SMILES string of the molecule is CCC(C)Oc1cccc(NC(=O)[C@H](C)N)c1. The summed E-state index contributed by atoms with van der Waals surface area (Å²) in [5.41, 5.74) is 6.18. The lowest BCUT2D eigenvalue weighted by atomic mass is 10.2. The number of carbonyl (C=O) groups is 1. The number of anilines is 1. The Hall–Kier alpha value is -1.55. The number of rotatable bonds is 5. The van der Waals surface area contributed by atoms with Crippen LogP contribution in [0.15, 0.2) is 24.3 Å². The summed E-state index contributed by atoms with van der Waals surface area (Å²) in [5.74, 6) is 0.549. The number of ether oxygens (including phenoxy) is 1. The second-order valence-corrected chi connectivity index (χ2v) is 4.14. The molecule has 17 heavy (non-hydrogen) atoms. The number of carbonyl (C=O) groups excluding carboxylic acids is 1. The molecule has 0 radical (unpaired) electrons. The first-order valence-corrected chi connectivity index (χ1v) is 5.86. The maximum absolute atomic E-state index is 11.4. The van der Waals surface area contributed by atoms with Gasteiger partial charge in [-0.2, -0.15) is 0 Å². The standard InChI is InChI=1S/C13H20N2O2/c1-4-9(2)17-12-7-5-6-11(8-12)15-13(16)10(3)14/h5-10H,4,14H2,1-3H3,(H,15,16)/t9?,10-/m0/s1. The summed E-state index contributed by atoms with van der Waals surface area (Å²) in [6.07, 6.45) is 1.10. The molecule has 94 valence electrons. The van der Waals surface area contributed by atoms with E-state index in [-0.39, 0.29) is 12.0 Å². The van der Waals surface area contributed by atoms with E-state index in [1.165, 1.54) is 0 Å². The first kappa shape index (κ1) is 13.5. The molecular weight excluding hydrogens is 216 g/mol. The van der Waals surface area contributed by atoms with Crippen LogP contribution in [0.1, 0.15) is 27.2 Å². The molecule has 0 fully saturated rings. The highest BCUT2D eigenvalue weighted by atomic mass is 16.5. The van der Waals surface area contributed by atoms with Crippen molar-refractivity contribution in [3.05, 3.63) is 24.3 Å². The number of hydrogen-bond acceptors (Lipinski definition) is 3. The van der Waals surface area contributed by atoms with Gasteiger partial charge in [0.25, 0.3) is 0 Å². The van der Waals surface area contributed by atoms with Crippen molar-refractivity contribution in [2.24, 2.45) is 5.73 Å². The fraction of sp³-hybridized carbons (Fsp3) is 0.462. The molecule has 0 aromatic heterocycles. The van der Waals surface area contributed by atoms with Crippen molar-refractivity contribution in [3.8, 4) is 5.75 Å². The van der Waals surface area contributed by atoms with Crippen LogP contribution in [0.2, 0.25) is 0 Å². The Morgan fingerprint density at radius 2 is 2.18 bits per heavy atom. The first-order valence-electron chi connectivity index (χ1n) is 5.86. The van der Waals surface area contributed by atoms with E-state index in [1.807, 2.05) is 25.1 Å². The van der Waals surface area contributed by atoms with E-state index in [4.69, 9.17) is 10.5 Å². The zero-order valence-corrected chi connectivity index (χ0v) is 10.6. The monoisotopic (exact) mass is 236 g/mol. The summed E-state index contributed by atoms with van der Waals surface area (Å²) >= 11 is 0. The van der Waals surface area contributed by atoms with Crippen molar-refractivity contribution >= 4 is 11.6 Å². The molecule has 1 amide bonds. The molecule has 0 saturated heterocycles. The Morgan fingerprint density at radius 3 is 2.76 bits per heavy atom. The third-order valence-electron chi connectivity index (χ3n) is 2.43. The molecule has 2 atom stereocenters. The third kappa shape index (κ3) is 4.44. The van der Waals surface area contributed by atoms with Gasteiger partial charge in [-0.05, 0) is 32.4 Å². The van der Waals surface area contributed by atoms with E-state index in [0.717, 1.165) is 12.2 Å². The largest absolute Gasteiger partial charge is 0.491 e. The molecule has 0 aliphatic heterocycles. The van der Waals surface area contributed by atoms with Gasteiger partial charge in [0.2, 0.25) is 5.91 Å². The van der Waals surface area contributed by atoms with Gasteiger partial charge in [0.15, 0.2) is 0 Å². The van der Waals surface area contributed by atoms with Gasteiger partial charge in [-0.1, -0.05) is 13.0 Å². The second-order valence-electron chi connectivity index (χ2n) is 4.14. The average molecular weight is 236 g/mol. The van der Waals surface area contributed by atoms with Crippen molar-refractivity contribution in [2.45, 2.75) is 39.3 Å². The lowest BCUT2D eigenvalue weighted by Crippen LogP contribution is -2.32. The van der Waals surface area contributed by atoms with Crippen LogP contribution in [-0.4, -0.2) is 18.1 Å². The zero-order valence-electron chi connectivity index (χ0n) is 10.6. The van der Waals surface area contributed by atoms with Crippen LogP contribution in [0.4, 0.5) is 5.69 Å². The fourth-order valence-corrected chi connectivity index (χ4v) is 1.22. The summed E-state index contributed by atoms with van der Waals surface area (Å²) in [5, 5.41) is 2.73. The lowest BCUT2D eigenvalue weighted by molar-refractivity contribution is -0.117. The summed E-state index contributed by atoms with van der Waals surface area (Å²) < 4.78 is 5.66. The van der Waals surface area contributed by atoms with E-state index in [9.17, 15) is 4.79 Å². The molecule has 0 bridgehead atoms. The van der Waals surface area contributed by atoms with Crippen molar-refractivity contribution in [3.63, 3.8) is 0 Å². The Balaban J connectivity index is 2.69. The molecule has 4 heteroatoms. The zero-order chi connectivity index (χ0) is 12.8. The highest BCUT2D eigenvalue weighted by Gasteiger charge is 2.08. The van der Waals surface area contributed by atoms with Crippen LogP contribution >= 0.6 is 0 Å². The van der Waals surface area contributed by atoms with Gasteiger partial charge >= 0.3 is 0 Å². The van der Waals surface area contributed by atoms with Crippen LogP contribution in [0.25, 0.3) is 0 Å². The van der Waals surface area contributed by atoms with E-state index < -0.39 is 6.04 Å². The van der Waals surface area contributed by atoms with E-state index in [0.29, 0.717) is 5.69 Å². The summed E-state index contributed by atoms with van der Waals surface area (Å²) in [4.78, 5) is 11.4. The molecule has 0 saturated carbocycles. The minimum absolute atomic E-state index is 0.161. The molecule has 1 aromatic carbocycles. The normalized spacial score (nSPS) is 13.9. The predicted octanol–water partition coefficient (Wildman–Crippen LogP) is 2.15. The molecule has 1 aromatic rings.